The third-order valence-corrected chi connectivity index (χ3v) is 2.69. The van der Waals surface area contributed by atoms with Gasteiger partial charge in [0.05, 0.1) is 0 Å². The van der Waals surface area contributed by atoms with E-state index in [4.69, 9.17) is 0 Å². The van der Waals surface area contributed by atoms with Gasteiger partial charge >= 0.3 is 0 Å². The van der Waals surface area contributed by atoms with E-state index in [1.807, 2.05) is 6.08 Å². The lowest BCUT2D eigenvalue weighted by Crippen LogP contribution is -2.35. The molecule has 0 rings (SSSR count). The van der Waals surface area contributed by atoms with Crippen molar-refractivity contribution in [1.29, 1.82) is 0 Å². The molecular formula is C12H25N. The van der Waals surface area contributed by atoms with Gasteiger partial charge in [0.1, 0.15) is 0 Å². The number of hydrogen-bond acceptors (Lipinski definition) is 1. The Kier molecular flexibility index (Phi) is 8.11. The van der Waals surface area contributed by atoms with Gasteiger partial charge < -0.3 is 5.32 Å². The van der Waals surface area contributed by atoms with Crippen LogP contribution in [0.2, 0.25) is 0 Å². The van der Waals surface area contributed by atoms with Crippen LogP contribution in [0.25, 0.3) is 0 Å². The molecule has 0 heterocycles. The van der Waals surface area contributed by atoms with Crippen molar-refractivity contribution in [1.82, 2.24) is 5.32 Å². The van der Waals surface area contributed by atoms with Crippen molar-refractivity contribution in [3.05, 3.63) is 12.7 Å². The maximum atomic E-state index is 3.82. The van der Waals surface area contributed by atoms with Crippen LogP contribution in [0.15, 0.2) is 12.7 Å². The Morgan fingerprint density at radius 3 is 2.23 bits per heavy atom. The molecule has 0 aliphatic heterocycles. The quantitative estimate of drug-likeness (QED) is 0.569. The molecule has 0 amide bonds. The fourth-order valence-corrected chi connectivity index (χ4v) is 1.81. The van der Waals surface area contributed by atoms with Gasteiger partial charge in [-0.2, -0.15) is 0 Å². The molecule has 0 aromatic heterocycles. The first kappa shape index (κ1) is 12.7. The fraction of sp³-hybridized carbons (Fsp3) is 0.833. The van der Waals surface area contributed by atoms with Gasteiger partial charge in [0.25, 0.3) is 0 Å². The molecule has 0 fully saturated rings. The van der Waals surface area contributed by atoms with Gasteiger partial charge in [-0.25, -0.2) is 0 Å². The van der Waals surface area contributed by atoms with Gasteiger partial charge in [-0.1, -0.05) is 39.7 Å². The Hall–Kier alpha value is -0.300. The van der Waals surface area contributed by atoms with E-state index in [0.717, 1.165) is 18.9 Å². The average molecular weight is 183 g/mol. The molecule has 0 saturated carbocycles. The molecular weight excluding hydrogens is 158 g/mol. The second kappa shape index (κ2) is 8.31. The monoisotopic (exact) mass is 183 g/mol. The molecule has 1 N–H and O–H groups in total. The van der Waals surface area contributed by atoms with Crippen molar-refractivity contribution >= 4 is 0 Å². The molecule has 0 aliphatic rings. The summed E-state index contributed by atoms with van der Waals surface area (Å²) in [5, 5.41) is 3.60. The zero-order valence-corrected chi connectivity index (χ0v) is 9.47. The zero-order chi connectivity index (χ0) is 10.1. The highest BCUT2D eigenvalue weighted by Gasteiger charge is 2.15. The van der Waals surface area contributed by atoms with Crippen LogP contribution < -0.4 is 5.32 Å². The summed E-state index contributed by atoms with van der Waals surface area (Å²) in [5.41, 5.74) is 0. The lowest BCUT2D eigenvalue weighted by molar-refractivity contribution is 0.336. The van der Waals surface area contributed by atoms with Crippen molar-refractivity contribution in [3.63, 3.8) is 0 Å². The van der Waals surface area contributed by atoms with Crippen LogP contribution in [-0.2, 0) is 0 Å². The summed E-state index contributed by atoms with van der Waals surface area (Å²) in [6.07, 6.45) is 6.89. The minimum Gasteiger partial charge on any atom is -0.313 e. The van der Waals surface area contributed by atoms with Crippen molar-refractivity contribution in [2.45, 2.75) is 52.5 Å². The minimum atomic E-state index is 0.646. The first-order valence-electron chi connectivity index (χ1n) is 5.64. The Morgan fingerprint density at radius 2 is 1.85 bits per heavy atom. The summed E-state index contributed by atoms with van der Waals surface area (Å²) < 4.78 is 0. The molecule has 78 valence electrons. The SMILES string of the molecule is C=CCC(NCCC)C(CC)CC. The molecule has 0 saturated heterocycles. The van der Waals surface area contributed by atoms with Crippen molar-refractivity contribution in [2.75, 3.05) is 6.54 Å². The number of nitrogens with one attached hydrogen (secondary N) is 1. The van der Waals surface area contributed by atoms with E-state index in [-0.39, 0.29) is 0 Å². The van der Waals surface area contributed by atoms with Gasteiger partial charge in [-0.3, -0.25) is 0 Å². The highest BCUT2D eigenvalue weighted by atomic mass is 14.9. The van der Waals surface area contributed by atoms with Gasteiger partial charge in [-0.15, -0.1) is 6.58 Å². The van der Waals surface area contributed by atoms with Crippen LogP contribution in [-0.4, -0.2) is 12.6 Å². The standard InChI is InChI=1S/C12H25N/c1-5-9-12(13-10-6-2)11(7-3)8-4/h5,11-13H,1,6-10H2,2-4H3. The second-order valence-corrected chi connectivity index (χ2v) is 3.66. The predicted molar refractivity (Wildman–Crippen MR) is 61.0 cm³/mol. The maximum Gasteiger partial charge on any atom is 0.0129 e. The van der Waals surface area contributed by atoms with Crippen LogP contribution >= 0.6 is 0 Å². The van der Waals surface area contributed by atoms with Gasteiger partial charge in [0.15, 0.2) is 0 Å². The summed E-state index contributed by atoms with van der Waals surface area (Å²) in [6, 6.07) is 0.646. The van der Waals surface area contributed by atoms with Crippen molar-refractivity contribution < 1.29 is 0 Å². The summed E-state index contributed by atoms with van der Waals surface area (Å²) in [7, 11) is 0. The predicted octanol–water partition coefficient (Wildman–Crippen LogP) is 3.37. The Morgan fingerprint density at radius 1 is 1.23 bits per heavy atom. The van der Waals surface area contributed by atoms with Gasteiger partial charge in [0.2, 0.25) is 0 Å². The molecule has 0 aromatic rings. The van der Waals surface area contributed by atoms with Gasteiger partial charge in [-0.05, 0) is 25.3 Å². The largest absolute Gasteiger partial charge is 0.313 e. The number of hydrogen-bond donors (Lipinski definition) is 1. The van der Waals surface area contributed by atoms with Crippen molar-refractivity contribution in [3.8, 4) is 0 Å². The van der Waals surface area contributed by atoms with Crippen molar-refractivity contribution in [2.24, 2.45) is 5.92 Å². The second-order valence-electron chi connectivity index (χ2n) is 3.66. The van der Waals surface area contributed by atoms with Crippen LogP contribution in [0, 0.1) is 5.92 Å². The van der Waals surface area contributed by atoms with Crippen LogP contribution in [0.3, 0.4) is 0 Å². The molecule has 0 aromatic carbocycles. The first-order valence-corrected chi connectivity index (χ1v) is 5.64. The van der Waals surface area contributed by atoms with E-state index in [9.17, 15) is 0 Å². The zero-order valence-electron chi connectivity index (χ0n) is 9.47. The number of rotatable bonds is 8. The summed E-state index contributed by atoms with van der Waals surface area (Å²) >= 11 is 0. The van der Waals surface area contributed by atoms with E-state index in [1.165, 1.54) is 19.3 Å². The molecule has 1 nitrogen and oxygen atoms in total. The Labute approximate surface area is 83.6 Å². The molecule has 1 unspecified atom stereocenters. The summed E-state index contributed by atoms with van der Waals surface area (Å²) in [6.45, 7) is 11.7. The fourth-order valence-electron chi connectivity index (χ4n) is 1.81. The van der Waals surface area contributed by atoms with Crippen LogP contribution in [0.5, 0.6) is 0 Å². The van der Waals surface area contributed by atoms with E-state index in [1.54, 1.807) is 0 Å². The Bertz CT molecular complexity index is 116. The van der Waals surface area contributed by atoms with Crippen LogP contribution in [0.4, 0.5) is 0 Å². The van der Waals surface area contributed by atoms with E-state index in [2.05, 4.69) is 32.7 Å². The molecule has 0 aliphatic carbocycles. The third kappa shape index (κ3) is 5.09. The highest BCUT2D eigenvalue weighted by molar-refractivity contribution is 4.82. The molecule has 1 heteroatoms. The molecule has 0 radical (unpaired) electrons. The Balaban J connectivity index is 3.95. The molecule has 0 bridgehead atoms. The molecule has 13 heavy (non-hydrogen) atoms. The van der Waals surface area contributed by atoms with E-state index in [0.29, 0.717) is 6.04 Å². The smallest absolute Gasteiger partial charge is 0.0129 e. The van der Waals surface area contributed by atoms with E-state index < -0.39 is 0 Å². The summed E-state index contributed by atoms with van der Waals surface area (Å²) in [4.78, 5) is 0. The lowest BCUT2D eigenvalue weighted by Gasteiger charge is -2.25. The first-order chi connectivity index (χ1) is 6.29. The lowest BCUT2D eigenvalue weighted by atomic mass is 9.92. The maximum absolute atomic E-state index is 3.82. The average Bonchev–Trinajstić information content (AvgIpc) is 2.16. The van der Waals surface area contributed by atoms with E-state index >= 15 is 0 Å². The summed E-state index contributed by atoms with van der Waals surface area (Å²) in [5.74, 6) is 0.810. The van der Waals surface area contributed by atoms with Gasteiger partial charge in [0, 0.05) is 6.04 Å². The molecule has 0 spiro atoms. The highest BCUT2D eigenvalue weighted by Crippen LogP contribution is 2.16. The minimum absolute atomic E-state index is 0.646. The third-order valence-electron chi connectivity index (χ3n) is 2.69. The molecule has 1 atom stereocenters. The normalized spacial score (nSPS) is 13.2. The van der Waals surface area contributed by atoms with Crippen LogP contribution in [0.1, 0.15) is 46.5 Å². The topological polar surface area (TPSA) is 12.0 Å².